The van der Waals surface area contributed by atoms with Gasteiger partial charge in [0.1, 0.15) is 6.61 Å². The molecule has 0 saturated heterocycles. The fourth-order valence-electron chi connectivity index (χ4n) is 3.08. The smallest absolute Gasteiger partial charge is 0.161 e. The standard InChI is InChI=1S/C24H34ClNO2/c1-3-5-6-7-8-11-16-26-18-20-14-15-23(24(17-20)27-4-2)28-19-21-12-9-10-13-22(21)25/h9-10,12-15,17,26H,3-8,11,16,18-19H2,1-2H3. The molecule has 2 rings (SSSR count). The van der Waals surface area contributed by atoms with Crippen molar-refractivity contribution in [3.8, 4) is 11.5 Å². The summed E-state index contributed by atoms with van der Waals surface area (Å²) in [6.45, 7) is 7.18. The van der Waals surface area contributed by atoms with Crippen LogP contribution in [0.1, 0.15) is 63.5 Å². The second kappa shape index (κ2) is 13.5. The maximum Gasteiger partial charge on any atom is 0.161 e. The fourth-order valence-corrected chi connectivity index (χ4v) is 3.27. The topological polar surface area (TPSA) is 30.5 Å². The molecular weight excluding hydrogens is 370 g/mol. The van der Waals surface area contributed by atoms with Crippen molar-refractivity contribution < 1.29 is 9.47 Å². The molecule has 0 unspecified atom stereocenters. The number of hydrogen-bond acceptors (Lipinski definition) is 3. The van der Waals surface area contributed by atoms with Gasteiger partial charge in [-0.2, -0.15) is 0 Å². The third-order valence-electron chi connectivity index (χ3n) is 4.69. The molecule has 0 fully saturated rings. The Balaban J connectivity index is 1.81. The van der Waals surface area contributed by atoms with Gasteiger partial charge in [0, 0.05) is 17.1 Å². The van der Waals surface area contributed by atoms with Crippen molar-refractivity contribution in [3.63, 3.8) is 0 Å². The van der Waals surface area contributed by atoms with Crippen LogP contribution in [0.4, 0.5) is 0 Å². The first-order valence-electron chi connectivity index (χ1n) is 10.6. The minimum absolute atomic E-state index is 0.426. The Labute approximate surface area is 175 Å². The van der Waals surface area contributed by atoms with Crippen molar-refractivity contribution in [2.45, 2.75) is 65.5 Å². The van der Waals surface area contributed by atoms with E-state index in [1.54, 1.807) is 0 Å². The van der Waals surface area contributed by atoms with Gasteiger partial charge in [-0.15, -0.1) is 0 Å². The van der Waals surface area contributed by atoms with Crippen molar-refractivity contribution in [2.75, 3.05) is 13.2 Å². The first-order valence-corrected chi connectivity index (χ1v) is 10.9. The highest BCUT2D eigenvalue weighted by molar-refractivity contribution is 6.31. The van der Waals surface area contributed by atoms with Gasteiger partial charge < -0.3 is 14.8 Å². The Hall–Kier alpha value is -1.71. The van der Waals surface area contributed by atoms with E-state index in [4.69, 9.17) is 21.1 Å². The summed E-state index contributed by atoms with van der Waals surface area (Å²) in [5.74, 6) is 1.54. The van der Waals surface area contributed by atoms with E-state index in [-0.39, 0.29) is 0 Å². The minimum atomic E-state index is 0.426. The molecule has 0 aromatic heterocycles. The van der Waals surface area contributed by atoms with Crippen LogP contribution in [0, 0.1) is 0 Å². The SMILES string of the molecule is CCCCCCCCNCc1ccc(OCc2ccccc2Cl)c(OCC)c1. The Morgan fingerprint density at radius 3 is 2.43 bits per heavy atom. The minimum Gasteiger partial charge on any atom is -0.490 e. The summed E-state index contributed by atoms with van der Waals surface area (Å²) in [5.41, 5.74) is 2.18. The van der Waals surface area contributed by atoms with E-state index >= 15 is 0 Å². The van der Waals surface area contributed by atoms with Gasteiger partial charge in [-0.3, -0.25) is 0 Å². The second-order valence-electron chi connectivity index (χ2n) is 7.04. The Kier molecular flexibility index (Phi) is 10.9. The summed E-state index contributed by atoms with van der Waals surface area (Å²) in [6.07, 6.45) is 7.93. The quantitative estimate of drug-likeness (QED) is 0.353. The lowest BCUT2D eigenvalue weighted by Crippen LogP contribution is -2.14. The van der Waals surface area contributed by atoms with Gasteiger partial charge in [-0.25, -0.2) is 0 Å². The van der Waals surface area contributed by atoms with Crippen molar-refractivity contribution in [2.24, 2.45) is 0 Å². The van der Waals surface area contributed by atoms with E-state index in [9.17, 15) is 0 Å². The lowest BCUT2D eigenvalue weighted by molar-refractivity contribution is 0.269. The average Bonchev–Trinajstić information content (AvgIpc) is 2.70. The van der Waals surface area contributed by atoms with Crippen LogP contribution in [-0.2, 0) is 13.2 Å². The number of halogens is 1. The molecule has 2 aromatic rings. The second-order valence-corrected chi connectivity index (χ2v) is 7.45. The predicted octanol–water partition coefficient (Wildman–Crippen LogP) is 6.77. The van der Waals surface area contributed by atoms with Crippen molar-refractivity contribution in [1.29, 1.82) is 0 Å². The molecule has 0 heterocycles. The monoisotopic (exact) mass is 403 g/mol. The lowest BCUT2D eigenvalue weighted by atomic mass is 10.1. The van der Waals surface area contributed by atoms with Gasteiger partial charge >= 0.3 is 0 Å². The van der Waals surface area contributed by atoms with Gasteiger partial charge in [-0.05, 0) is 43.7 Å². The normalized spacial score (nSPS) is 10.8. The van der Waals surface area contributed by atoms with Gasteiger partial charge in [0.25, 0.3) is 0 Å². The highest BCUT2D eigenvalue weighted by Crippen LogP contribution is 2.30. The lowest BCUT2D eigenvalue weighted by Gasteiger charge is -2.14. The Bertz CT molecular complexity index is 690. The van der Waals surface area contributed by atoms with Crippen LogP contribution >= 0.6 is 11.6 Å². The molecule has 0 radical (unpaired) electrons. The van der Waals surface area contributed by atoms with Crippen LogP contribution in [0.5, 0.6) is 11.5 Å². The summed E-state index contributed by atoms with van der Waals surface area (Å²) in [5, 5.41) is 4.25. The van der Waals surface area contributed by atoms with E-state index in [1.165, 1.54) is 44.1 Å². The number of hydrogen-bond donors (Lipinski definition) is 1. The predicted molar refractivity (Wildman–Crippen MR) is 118 cm³/mol. The van der Waals surface area contributed by atoms with E-state index in [0.29, 0.717) is 13.2 Å². The third kappa shape index (κ3) is 8.12. The molecule has 4 heteroatoms. The molecular formula is C24H34ClNO2. The molecule has 0 amide bonds. The van der Waals surface area contributed by atoms with Crippen LogP contribution in [0.2, 0.25) is 5.02 Å². The summed E-state index contributed by atoms with van der Waals surface area (Å²) in [7, 11) is 0. The van der Waals surface area contributed by atoms with Crippen molar-refractivity contribution in [3.05, 3.63) is 58.6 Å². The summed E-state index contributed by atoms with van der Waals surface area (Å²) in [4.78, 5) is 0. The Morgan fingerprint density at radius 1 is 0.857 bits per heavy atom. The fraction of sp³-hybridized carbons (Fsp3) is 0.500. The molecule has 0 atom stereocenters. The van der Waals surface area contributed by atoms with Crippen molar-refractivity contribution in [1.82, 2.24) is 5.32 Å². The zero-order chi connectivity index (χ0) is 20.0. The van der Waals surface area contributed by atoms with Crippen LogP contribution in [0.3, 0.4) is 0 Å². The van der Waals surface area contributed by atoms with E-state index in [0.717, 1.165) is 35.2 Å². The zero-order valence-electron chi connectivity index (χ0n) is 17.3. The number of ether oxygens (including phenoxy) is 2. The van der Waals surface area contributed by atoms with E-state index in [1.807, 2.05) is 37.3 Å². The highest BCUT2D eigenvalue weighted by Gasteiger charge is 2.08. The van der Waals surface area contributed by atoms with Gasteiger partial charge in [0.05, 0.1) is 6.61 Å². The van der Waals surface area contributed by atoms with Crippen LogP contribution in [0.25, 0.3) is 0 Å². The number of rotatable bonds is 14. The molecule has 1 N–H and O–H groups in total. The molecule has 3 nitrogen and oxygen atoms in total. The number of nitrogens with one attached hydrogen (secondary N) is 1. The van der Waals surface area contributed by atoms with Crippen LogP contribution in [0.15, 0.2) is 42.5 Å². The van der Waals surface area contributed by atoms with Crippen molar-refractivity contribution >= 4 is 11.6 Å². The van der Waals surface area contributed by atoms with Gasteiger partial charge in [-0.1, -0.05) is 74.9 Å². The third-order valence-corrected chi connectivity index (χ3v) is 5.05. The molecule has 2 aromatic carbocycles. The molecule has 0 saturated carbocycles. The van der Waals surface area contributed by atoms with E-state index in [2.05, 4.69) is 24.4 Å². The van der Waals surface area contributed by atoms with E-state index < -0.39 is 0 Å². The summed E-state index contributed by atoms with van der Waals surface area (Å²) < 4.78 is 11.8. The first kappa shape index (κ1) is 22.6. The zero-order valence-corrected chi connectivity index (χ0v) is 18.1. The highest BCUT2D eigenvalue weighted by atomic mass is 35.5. The Morgan fingerprint density at radius 2 is 1.64 bits per heavy atom. The van der Waals surface area contributed by atoms with Crippen LogP contribution < -0.4 is 14.8 Å². The van der Waals surface area contributed by atoms with Gasteiger partial charge in [0.2, 0.25) is 0 Å². The first-order chi connectivity index (χ1) is 13.7. The number of benzene rings is 2. The molecule has 28 heavy (non-hydrogen) atoms. The largest absolute Gasteiger partial charge is 0.490 e. The molecule has 154 valence electrons. The maximum absolute atomic E-state index is 6.22. The maximum atomic E-state index is 6.22. The average molecular weight is 404 g/mol. The molecule has 0 aliphatic rings. The molecule has 0 aliphatic heterocycles. The van der Waals surface area contributed by atoms with Gasteiger partial charge in [0.15, 0.2) is 11.5 Å². The molecule has 0 spiro atoms. The van der Waals surface area contributed by atoms with Crippen LogP contribution in [-0.4, -0.2) is 13.2 Å². The summed E-state index contributed by atoms with van der Waals surface area (Å²) in [6, 6.07) is 13.9. The summed E-state index contributed by atoms with van der Waals surface area (Å²) >= 11 is 6.22. The molecule has 0 bridgehead atoms. The molecule has 0 aliphatic carbocycles. The number of unbranched alkanes of at least 4 members (excludes halogenated alkanes) is 5.